The van der Waals surface area contributed by atoms with Crippen molar-refractivity contribution in [3.63, 3.8) is 0 Å². The van der Waals surface area contributed by atoms with Gasteiger partial charge in [0, 0.05) is 30.9 Å². The monoisotopic (exact) mass is 271 g/mol. The van der Waals surface area contributed by atoms with Gasteiger partial charge in [0.2, 0.25) is 0 Å². The number of hydrogen-bond acceptors (Lipinski definition) is 3. The summed E-state index contributed by atoms with van der Waals surface area (Å²) >= 11 is 0. The van der Waals surface area contributed by atoms with Crippen LogP contribution >= 0.6 is 0 Å². The van der Waals surface area contributed by atoms with Crippen molar-refractivity contribution in [3.8, 4) is 6.07 Å². The van der Waals surface area contributed by atoms with E-state index < -0.39 is 0 Å². The molecule has 1 heterocycles. The second kappa shape index (κ2) is 6.42. The van der Waals surface area contributed by atoms with Gasteiger partial charge in [-0.1, -0.05) is 6.07 Å². The molecule has 1 N–H and O–H groups in total. The van der Waals surface area contributed by atoms with Crippen LogP contribution in [0.4, 0.5) is 5.69 Å². The third-order valence-electron chi connectivity index (χ3n) is 3.71. The van der Waals surface area contributed by atoms with Crippen molar-refractivity contribution < 1.29 is 4.79 Å². The third kappa shape index (κ3) is 2.93. The lowest BCUT2D eigenvalue weighted by Crippen LogP contribution is -2.35. The molecule has 4 heteroatoms. The smallest absolute Gasteiger partial charge is 0.254 e. The summed E-state index contributed by atoms with van der Waals surface area (Å²) < 4.78 is 0. The summed E-state index contributed by atoms with van der Waals surface area (Å²) in [6.45, 7) is 5.88. The highest BCUT2D eigenvalue weighted by Crippen LogP contribution is 2.26. The number of nitriles is 1. The highest BCUT2D eigenvalue weighted by atomic mass is 16.2. The molecule has 1 amide bonds. The number of rotatable bonds is 4. The van der Waals surface area contributed by atoms with Gasteiger partial charge in [0.1, 0.15) is 0 Å². The van der Waals surface area contributed by atoms with E-state index in [-0.39, 0.29) is 11.8 Å². The lowest BCUT2D eigenvalue weighted by Gasteiger charge is -2.26. The number of nitrogens with zero attached hydrogens (tertiary/aromatic N) is 2. The van der Waals surface area contributed by atoms with Gasteiger partial charge in [-0.25, -0.2) is 0 Å². The van der Waals surface area contributed by atoms with E-state index in [0.717, 1.165) is 36.2 Å². The number of hydrogen-bond donors (Lipinski definition) is 1. The van der Waals surface area contributed by atoms with Crippen LogP contribution in [0.1, 0.15) is 36.2 Å². The van der Waals surface area contributed by atoms with Gasteiger partial charge < -0.3 is 10.2 Å². The number of benzene rings is 1. The van der Waals surface area contributed by atoms with Crippen molar-refractivity contribution in [2.45, 2.75) is 26.7 Å². The minimum Gasteiger partial charge on any atom is -0.385 e. The Labute approximate surface area is 120 Å². The Kier molecular flexibility index (Phi) is 4.62. The zero-order chi connectivity index (χ0) is 14.5. The minimum absolute atomic E-state index is 0.0372. The van der Waals surface area contributed by atoms with Crippen LogP contribution in [-0.4, -0.2) is 30.4 Å². The zero-order valence-corrected chi connectivity index (χ0v) is 12.1. The number of anilines is 1. The standard InChI is InChI=1S/C16H21N3O/c1-3-19(11-12(2)10-17)16(20)14-6-4-8-15-13(14)7-5-9-18-15/h4,6,8,12,18H,3,5,7,9,11H2,1-2H3. The Bertz CT molecular complexity index is 533. The average molecular weight is 271 g/mol. The Hall–Kier alpha value is -2.02. The number of carbonyl (C=O) groups is 1. The molecule has 1 aromatic carbocycles. The van der Waals surface area contributed by atoms with E-state index in [2.05, 4.69) is 11.4 Å². The summed E-state index contributed by atoms with van der Waals surface area (Å²) in [6, 6.07) is 8.04. The fourth-order valence-electron chi connectivity index (χ4n) is 2.61. The van der Waals surface area contributed by atoms with Gasteiger partial charge in [0.15, 0.2) is 0 Å². The summed E-state index contributed by atoms with van der Waals surface area (Å²) in [5.74, 6) is -0.105. The zero-order valence-electron chi connectivity index (χ0n) is 12.1. The van der Waals surface area contributed by atoms with Gasteiger partial charge in [0.05, 0.1) is 12.0 Å². The second-order valence-electron chi connectivity index (χ2n) is 5.24. The molecule has 1 unspecified atom stereocenters. The highest BCUT2D eigenvalue weighted by molar-refractivity contribution is 5.97. The molecule has 0 fully saturated rings. The van der Waals surface area contributed by atoms with Crippen LogP contribution in [0.2, 0.25) is 0 Å². The van der Waals surface area contributed by atoms with Crippen molar-refractivity contribution in [2.75, 3.05) is 25.0 Å². The first-order valence-electron chi connectivity index (χ1n) is 7.22. The summed E-state index contributed by atoms with van der Waals surface area (Å²) in [6.07, 6.45) is 1.99. The molecule has 2 rings (SSSR count). The fraction of sp³-hybridized carbons (Fsp3) is 0.500. The average Bonchev–Trinajstić information content (AvgIpc) is 2.51. The minimum atomic E-state index is -0.142. The van der Waals surface area contributed by atoms with E-state index in [1.54, 1.807) is 4.90 Å². The van der Waals surface area contributed by atoms with E-state index in [0.29, 0.717) is 13.1 Å². The Morgan fingerprint density at radius 2 is 2.35 bits per heavy atom. The van der Waals surface area contributed by atoms with E-state index in [1.165, 1.54) is 0 Å². The predicted octanol–water partition coefficient (Wildman–Crippen LogP) is 2.67. The van der Waals surface area contributed by atoms with Crippen molar-refractivity contribution >= 4 is 11.6 Å². The summed E-state index contributed by atoms with van der Waals surface area (Å²) in [5, 5.41) is 12.3. The molecule has 0 saturated carbocycles. The molecule has 4 nitrogen and oxygen atoms in total. The molecule has 0 saturated heterocycles. The fourth-order valence-corrected chi connectivity index (χ4v) is 2.61. The molecule has 0 spiro atoms. The molecule has 20 heavy (non-hydrogen) atoms. The number of carbonyl (C=O) groups excluding carboxylic acids is 1. The van der Waals surface area contributed by atoms with Gasteiger partial charge >= 0.3 is 0 Å². The van der Waals surface area contributed by atoms with Crippen LogP contribution in [0, 0.1) is 17.2 Å². The second-order valence-corrected chi connectivity index (χ2v) is 5.24. The van der Waals surface area contributed by atoms with Gasteiger partial charge in [-0.05, 0) is 44.4 Å². The maximum Gasteiger partial charge on any atom is 0.254 e. The largest absolute Gasteiger partial charge is 0.385 e. The third-order valence-corrected chi connectivity index (χ3v) is 3.71. The maximum atomic E-state index is 12.7. The first-order valence-corrected chi connectivity index (χ1v) is 7.22. The van der Waals surface area contributed by atoms with Crippen LogP contribution in [0.5, 0.6) is 0 Å². The first-order chi connectivity index (χ1) is 9.67. The molecular formula is C16H21N3O. The predicted molar refractivity (Wildman–Crippen MR) is 79.6 cm³/mol. The molecule has 0 bridgehead atoms. The Morgan fingerprint density at radius 1 is 1.55 bits per heavy atom. The van der Waals surface area contributed by atoms with Crippen molar-refractivity contribution in [1.82, 2.24) is 4.90 Å². The van der Waals surface area contributed by atoms with Crippen molar-refractivity contribution in [3.05, 3.63) is 29.3 Å². The van der Waals surface area contributed by atoms with Crippen LogP contribution in [-0.2, 0) is 6.42 Å². The molecule has 0 aromatic heterocycles. The van der Waals surface area contributed by atoms with Gasteiger partial charge in [0.25, 0.3) is 5.91 Å². The Morgan fingerprint density at radius 3 is 3.05 bits per heavy atom. The van der Waals surface area contributed by atoms with Crippen molar-refractivity contribution in [1.29, 1.82) is 5.26 Å². The molecule has 0 radical (unpaired) electrons. The Balaban J connectivity index is 2.26. The summed E-state index contributed by atoms with van der Waals surface area (Å²) in [7, 11) is 0. The van der Waals surface area contributed by atoms with E-state index in [9.17, 15) is 4.79 Å². The lowest BCUT2D eigenvalue weighted by molar-refractivity contribution is 0.0751. The van der Waals surface area contributed by atoms with E-state index in [1.807, 2.05) is 32.0 Å². The van der Waals surface area contributed by atoms with Crippen LogP contribution < -0.4 is 5.32 Å². The highest BCUT2D eigenvalue weighted by Gasteiger charge is 2.22. The quantitative estimate of drug-likeness (QED) is 0.916. The SMILES string of the molecule is CCN(CC(C)C#N)C(=O)c1cccc2c1CCCN2. The summed E-state index contributed by atoms with van der Waals surface area (Å²) in [4.78, 5) is 14.5. The molecule has 1 aliphatic heterocycles. The van der Waals surface area contributed by atoms with Crippen molar-refractivity contribution in [2.24, 2.45) is 5.92 Å². The topological polar surface area (TPSA) is 56.1 Å². The molecule has 1 aromatic rings. The number of nitrogens with one attached hydrogen (secondary N) is 1. The molecule has 1 atom stereocenters. The van der Waals surface area contributed by atoms with E-state index >= 15 is 0 Å². The number of fused-ring (bicyclic) bond motifs is 1. The van der Waals surface area contributed by atoms with Crippen LogP contribution in [0.15, 0.2) is 18.2 Å². The first kappa shape index (κ1) is 14.4. The van der Waals surface area contributed by atoms with E-state index in [4.69, 9.17) is 5.26 Å². The normalized spacial score (nSPS) is 14.7. The van der Waals surface area contributed by atoms with Gasteiger partial charge in [-0.3, -0.25) is 4.79 Å². The lowest BCUT2D eigenvalue weighted by atomic mass is 9.96. The molecule has 0 aliphatic carbocycles. The molecule has 1 aliphatic rings. The molecular weight excluding hydrogens is 250 g/mol. The molecule has 106 valence electrons. The summed E-state index contributed by atoms with van der Waals surface area (Å²) in [5.41, 5.74) is 2.97. The van der Waals surface area contributed by atoms with Crippen LogP contribution in [0.25, 0.3) is 0 Å². The van der Waals surface area contributed by atoms with Gasteiger partial charge in [-0.2, -0.15) is 5.26 Å². The maximum absolute atomic E-state index is 12.7. The number of amides is 1. The van der Waals surface area contributed by atoms with Crippen LogP contribution in [0.3, 0.4) is 0 Å². The van der Waals surface area contributed by atoms with Gasteiger partial charge in [-0.15, -0.1) is 0 Å².